The molecule has 1 aromatic carbocycles. The molecular formula is C14H18O2. The molecule has 0 saturated carbocycles. The summed E-state index contributed by atoms with van der Waals surface area (Å²) >= 11 is 0. The topological polar surface area (TPSA) is 26.3 Å². The van der Waals surface area contributed by atoms with E-state index < -0.39 is 0 Å². The van der Waals surface area contributed by atoms with Gasteiger partial charge in [-0.25, -0.2) is 0 Å². The van der Waals surface area contributed by atoms with E-state index >= 15 is 0 Å². The lowest BCUT2D eigenvalue weighted by Crippen LogP contribution is -1.99. The smallest absolute Gasteiger partial charge is 0.305 e. The Balaban J connectivity index is 2.37. The lowest BCUT2D eigenvalue weighted by molar-refractivity contribution is -0.140. The van der Waals surface area contributed by atoms with Crippen molar-refractivity contribution >= 4 is 5.97 Å². The van der Waals surface area contributed by atoms with Crippen molar-refractivity contribution in [1.82, 2.24) is 0 Å². The van der Waals surface area contributed by atoms with Crippen LogP contribution in [0.2, 0.25) is 0 Å². The van der Waals surface area contributed by atoms with Crippen molar-refractivity contribution in [1.29, 1.82) is 0 Å². The van der Waals surface area contributed by atoms with Gasteiger partial charge >= 0.3 is 5.97 Å². The minimum atomic E-state index is -0.146. The molecule has 0 unspecified atom stereocenters. The van der Waals surface area contributed by atoms with Crippen molar-refractivity contribution in [2.45, 2.75) is 26.2 Å². The highest BCUT2D eigenvalue weighted by molar-refractivity contribution is 5.69. The van der Waals surface area contributed by atoms with Gasteiger partial charge < -0.3 is 4.74 Å². The zero-order valence-electron chi connectivity index (χ0n) is 9.90. The summed E-state index contributed by atoms with van der Waals surface area (Å²) < 4.78 is 4.60. The summed E-state index contributed by atoms with van der Waals surface area (Å²) in [6.45, 7) is 2.05. The summed E-state index contributed by atoms with van der Waals surface area (Å²) in [4.78, 5) is 10.9. The summed E-state index contributed by atoms with van der Waals surface area (Å²) in [7, 11) is 1.42. The van der Waals surface area contributed by atoms with Crippen LogP contribution >= 0.6 is 0 Å². The number of hydrogen-bond donors (Lipinski definition) is 0. The molecule has 0 saturated heterocycles. The van der Waals surface area contributed by atoms with Gasteiger partial charge in [0, 0.05) is 6.42 Å². The number of allylic oxidation sites excluding steroid dienone is 2. The van der Waals surface area contributed by atoms with E-state index in [0.717, 1.165) is 12.8 Å². The number of methoxy groups -OCH3 is 1. The molecule has 1 rings (SSSR count). The molecular weight excluding hydrogens is 200 g/mol. The average Bonchev–Trinajstić information content (AvgIpc) is 2.34. The third-order valence-electron chi connectivity index (χ3n) is 2.48. The van der Waals surface area contributed by atoms with Gasteiger partial charge in [-0.2, -0.15) is 0 Å². The number of carbonyl (C=O) groups is 1. The molecule has 0 aliphatic carbocycles. The minimum Gasteiger partial charge on any atom is -0.469 e. The molecule has 0 radical (unpaired) electrons. The van der Waals surface area contributed by atoms with Gasteiger partial charge in [0.2, 0.25) is 0 Å². The fraction of sp³-hybridized carbons (Fsp3) is 0.357. The summed E-state index contributed by atoms with van der Waals surface area (Å²) in [5.41, 5.74) is 2.52. The number of esters is 1. The van der Waals surface area contributed by atoms with E-state index in [2.05, 4.69) is 22.9 Å². The first-order chi connectivity index (χ1) is 7.72. The zero-order valence-corrected chi connectivity index (χ0v) is 9.90. The van der Waals surface area contributed by atoms with E-state index in [-0.39, 0.29) is 5.97 Å². The molecule has 0 spiro atoms. The van der Waals surface area contributed by atoms with Gasteiger partial charge in [0.25, 0.3) is 0 Å². The fourth-order valence-electron chi connectivity index (χ4n) is 1.41. The Bertz CT molecular complexity index is 352. The SMILES string of the molecule is COC(=O)CC/C(C)=C/Cc1ccccc1. The van der Waals surface area contributed by atoms with Crippen molar-refractivity contribution in [3.63, 3.8) is 0 Å². The van der Waals surface area contributed by atoms with Crippen molar-refractivity contribution < 1.29 is 9.53 Å². The highest BCUT2D eigenvalue weighted by atomic mass is 16.5. The molecule has 2 nitrogen and oxygen atoms in total. The number of hydrogen-bond acceptors (Lipinski definition) is 2. The highest BCUT2D eigenvalue weighted by Crippen LogP contribution is 2.08. The maximum absolute atomic E-state index is 10.9. The van der Waals surface area contributed by atoms with Crippen LogP contribution in [0.5, 0.6) is 0 Å². The quantitative estimate of drug-likeness (QED) is 0.560. The Labute approximate surface area is 96.9 Å². The molecule has 0 N–H and O–H groups in total. The van der Waals surface area contributed by atoms with Crippen LogP contribution in [-0.2, 0) is 16.0 Å². The maximum atomic E-state index is 10.9. The molecule has 0 fully saturated rings. The lowest BCUT2D eigenvalue weighted by atomic mass is 10.1. The first kappa shape index (κ1) is 12.5. The third-order valence-corrected chi connectivity index (χ3v) is 2.48. The maximum Gasteiger partial charge on any atom is 0.305 e. The van der Waals surface area contributed by atoms with E-state index in [4.69, 9.17) is 0 Å². The first-order valence-electron chi connectivity index (χ1n) is 5.48. The minimum absolute atomic E-state index is 0.146. The van der Waals surface area contributed by atoms with Gasteiger partial charge in [-0.3, -0.25) is 4.79 Å². The van der Waals surface area contributed by atoms with E-state index in [1.165, 1.54) is 18.2 Å². The number of rotatable bonds is 5. The Morgan fingerprint density at radius 3 is 2.56 bits per heavy atom. The molecule has 16 heavy (non-hydrogen) atoms. The van der Waals surface area contributed by atoms with Crippen LogP contribution in [0.3, 0.4) is 0 Å². The number of ether oxygens (including phenoxy) is 1. The van der Waals surface area contributed by atoms with Crippen LogP contribution in [0.15, 0.2) is 42.0 Å². The largest absolute Gasteiger partial charge is 0.469 e. The Hall–Kier alpha value is -1.57. The molecule has 0 aliphatic heterocycles. The van der Waals surface area contributed by atoms with E-state index in [1.54, 1.807) is 0 Å². The summed E-state index contributed by atoms with van der Waals surface area (Å²) in [6, 6.07) is 10.3. The highest BCUT2D eigenvalue weighted by Gasteiger charge is 1.99. The number of carbonyl (C=O) groups excluding carboxylic acids is 1. The first-order valence-corrected chi connectivity index (χ1v) is 5.48. The average molecular weight is 218 g/mol. The van der Waals surface area contributed by atoms with E-state index in [1.807, 2.05) is 25.1 Å². The van der Waals surface area contributed by atoms with Gasteiger partial charge in [-0.05, 0) is 25.3 Å². The fourth-order valence-corrected chi connectivity index (χ4v) is 1.41. The Kier molecular flexibility index (Phi) is 5.34. The van der Waals surface area contributed by atoms with Crippen LogP contribution in [0.25, 0.3) is 0 Å². The molecule has 0 bridgehead atoms. The van der Waals surface area contributed by atoms with Crippen molar-refractivity contribution in [2.75, 3.05) is 7.11 Å². The van der Waals surface area contributed by atoms with Crippen LogP contribution < -0.4 is 0 Å². The van der Waals surface area contributed by atoms with Crippen LogP contribution in [0.4, 0.5) is 0 Å². The normalized spacial score (nSPS) is 11.2. The van der Waals surface area contributed by atoms with Gasteiger partial charge in [-0.1, -0.05) is 42.0 Å². The van der Waals surface area contributed by atoms with Crippen LogP contribution in [0.1, 0.15) is 25.3 Å². The zero-order chi connectivity index (χ0) is 11.8. The van der Waals surface area contributed by atoms with Crippen molar-refractivity contribution in [2.24, 2.45) is 0 Å². The van der Waals surface area contributed by atoms with Crippen molar-refractivity contribution in [3.05, 3.63) is 47.5 Å². The van der Waals surface area contributed by atoms with Crippen molar-refractivity contribution in [3.8, 4) is 0 Å². The van der Waals surface area contributed by atoms with Crippen LogP contribution in [-0.4, -0.2) is 13.1 Å². The van der Waals surface area contributed by atoms with E-state index in [9.17, 15) is 4.79 Å². The Morgan fingerprint density at radius 2 is 1.94 bits per heavy atom. The van der Waals surface area contributed by atoms with Crippen LogP contribution in [0, 0.1) is 0 Å². The Morgan fingerprint density at radius 1 is 1.25 bits per heavy atom. The molecule has 0 heterocycles. The third kappa shape index (κ3) is 4.78. The molecule has 1 aromatic rings. The second kappa shape index (κ2) is 6.83. The second-order valence-corrected chi connectivity index (χ2v) is 3.82. The van der Waals surface area contributed by atoms with Gasteiger partial charge in [0.15, 0.2) is 0 Å². The summed E-state index contributed by atoms with van der Waals surface area (Å²) in [6.07, 6.45) is 4.33. The predicted octanol–water partition coefficient (Wildman–Crippen LogP) is 3.13. The monoisotopic (exact) mass is 218 g/mol. The molecule has 0 atom stereocenters. The molecule has 0 amide bonds. The molecule has 0 aromatic heterocycles. The molecule has 0 aliphatic rings. The molecule has 2 heteroatoms. The lowest BCUT2D eigenvalue weighted by Gasteiger charge is -2.01. The van der Waals surface area contributed by atoms with Gasteiger partial charge in [0.1, 0.15) is 0 Å². The number of benzene rings is 1. The standard InChI is InChI=1S/C14H18O2/c1-12(9-11-14(15)16-2)8-10-13-6-4-3-5-7-13/h3-8H,9-11H2,1-2H3/b12-8+. The van der Waals surface area contributed by atoms with Gasteiger partial charge in [-0.15, -0.1) is 0 Å². The van der Waals surface area contributed by atoms with Gasteiger partial charge in [0.05, 0.1) is 7.11 Å². The van der Waals surface area contributed by atoms with E-state index in [0.29, 0.717) is 6.42 Å². The second-order valence-electron chi connectivity index (χ2n) is 3.82. The predicted molar refractivity (Wildman–Crippen MR) is 65.2 cm³/mol. The summed E-state index contributed by atoms with van der Waals surface area (Å²) in [5, 5.41) is 0. The molecule has 86 valence electrons. The summed E-state index contributed by atoms with van der Waals surface area (Å²) in [5.74, 6) is -0.146.